The lowest BCUT2D eigenvalue weighted by Crippen LogP contribution is -2.20. The van der Waals surface area contributed by atoms with Crippen LogP contribution in [0.2, 0.25) is 0 Å². The molecule has 0 spiro atoms. The summed E-state index contributed by atoms with van der Waals surface area (Å²) in [4.78, 5) is 11.2. The number of nitrogens with zero attached hydrogens (tertiary/aromatic N) is 1. The number of allylic oxidation sites excluding steroid dienone is 1. The molecular formula is C10H15N3O. The minimum Gasteiger partial charge on any atom is -0.348 e. The van der Waals surface area contributed by atoms with E-state index >= 15 is 0 Å². The Hall–Kier alpha value is -1.58. The van der Waals surface area contributed by atoms with Crippen LogP contribution in [0.3, 0.4) is 0 Å². The van der Waals surface area contributed by atoms with Crippen molar-refractivity contribution in [3.05, 3.63) is 29.1 Å². The average molecular weight is 193 g/mol. The van der Waals surface area contributed by atoms with Gasteiger partial charge in [0.1, 0.15) is 0 Å². The van der Waals surface area contributed by atoms with Gasteiger partial charge >= 0.3 is 0 Å². The zero-order valence-corrected chi connectivity index (χ0v) is 8.72. The summed E-state index contributed by atoms with van der Waals surface area (Å²) in [7, 11) is 0. The summed E-state index contributed by atoms with van der Waals surface area (Å²) in [6, 6.07) is 0. The lowest BCUT2D eigenvalue weighted by atomic mass is 10.2. The van der Waals surface area contributed by atoms with E-state index in [4.69, 9.17) is 0 Å². The number of aromatic nitrogens is 2. The van der Waals surface area contributed by atoms with Crippen LogP contribution in [0, 0.1) is 6.92 Å². The van der Waals surface area contributed by atoms with Crippen LogP contribution in [0.5, 0.6) is 0 Å². The minimum absolute atomic E-state index is 0.0643. The summed E-state index contributed by atoms with van der Waals surface area (Å²) in [6.45, 7) is 6.23. The number of aryl methyl sites for hydroxylation is 1. The van der Waals surface area contributed by atoms with E-state index in [2.05, 4.69) is 15.5 Å². The smallest absolute Gasteiger partial charge is 0.244 e. The molecule has 0 aliphatic carbocycles. The first-order chi connectivity index (χ1) is 6.59. The van der Waals surface area contributed by atoms with Crippen molar-refractivity contribution in [2.75, 3.05) is 0 Å². The maximum Gasteiger partial charge on any atom is 0.244 e. The zero-order valence-electron chi connectivity index (χ0n) is 8.72. The second-order valence-electron chi connectivity index (χ2n) is 3.46. The van der Waals surface area contributed by atoms with Crippen LogP contribution < -0.4 is 5.32 Å². The van der Waals surface area contributed by atoms with Gasteiger partial charge in [0.2, 0.25) is 5.91 Å². The zero-order chi connectivity index (χ0) is 10.6. The van der Waals surface area contributed by atoms with Gasteiger partial charge in [-0.1, -0.05) is 5.57 Å². The summed E-state index contributed by atoms with van der Waals surface area (Å²) >= 11 is 0. The van der Waals surface area contributed by atoms with Crippen molar-refractivity contribution in [3.63, 3.8) is 0 Å². The van der Waals surface area contributed by atoms with Crippen molar-refractivity contribution in [3.8, 4) is 0 Å². The number of nitrogens with one attached hydrogen (secondary N) is 2. The number of hydrogen-bond donors (Lipinski definition) is 2. The number of aromatic amines is 1. The fourth-order valence-electron chi connectivity index (χ4n) is 1.05. The molecule has 1 amide bonds. The minimum atomic E-state index is -0.0643. The predicted molar refractivity (Wildman–Crippen MR) is 54.6 cm³/mol. The van der Waals surface area contributed by atoms with Crippen LogP contribution in [0.1, 0.15) is 25.1 Å². The van der Waals surface area contributed by atoms with Gasteiger partial charge in [-0.25, -0.2) is 0 Å². The molecule has 4 nitrogen and oxygen atoms in total. The quantitative estimate of drug-likeness (QED) is 0.711. The molecule has 76 valence electrons. The van der Waals surface area contributed by atoms with E-state index in [1.165, 1.54) is 0 Å². The number of H-pyrrole nitrogens is 1. The number of carbonyl (C=O) groups excluding carboxylic acids is 1. The third kappa shape index (κ3) is 3.05. The van der Waals surface area contributed by atoms with E-state index in [-0.39, 0.29) is 5.91 Å². The molecule has 4 heteroatoms. The molecule has 0 saturated carbocycles. The van der Waals surface area contributed by atoms with E-state index in [0.29, 0.717) is 6.54 Å². The van der Waals surface area contributed by atoms with Gasteiger partial charge in [-0.05, 0) is 20.8 Å². The topological polar surface area (TPSA) is 57.8 Å². The molecule has 14 heavy (non-hydrogen) atoms. The molecule has 0 aliphatic heterocycles. The van der Waals surface area contributed by atoms with E-state index in [0.717, 1.165) is 16.8 Å². The van der Waals surface area contributed by atoms with Gasteiger partial charge in [-0.2, -0.15) is 5.10 Å². The second kappa shape index (κ2) is 4.60. The van der Waals surface area contributed by atoms with Gasteiger partial charge in [0.25, 0.3) is 0 Å². The Balaban J connectivity index is 2.46. The van der Waals surface area contributed by atoms with E-state index in [1.807, 2.05) is 20.8 Å². The molecule has 0 bridgehead atoms. The van der Waals surface area contributed by atoms with Gasteiger partial charge in [-0.3, -0.25) is 9.89 Å². The number of carbonyl (C=O) groups is 1. The normalized spacial score (nSPS) is 9.64. The Labute approximate surface area is 83.4 Å². The number of amides is 1. The first-order valence-electron chi connectivity index (χ1n) is 4.51. The molecule has 1 rings (SSSR count). The van der Waals surface area contributed by atoms with Crippen molar-refractivity contribution >= 4 is 5.91 Å². The van der Waals surface area contributed by atoms with E-state index < -0.39 is 0 Å². The molecule has 0 radical (unpaired) electrons. The predicted octanol–water partition coefficient (Wildman–Crippen LogP) is 1.30. The Morgan fingerprint density at radius 2 is 2.36 bits per heavy atom. The highest BCUT2D eigenvalue weighted by molar-refractivity contribution is 5.87. The highest BCUT2D eigenvalue weighted by Crippen LogP contribution is 2.01. The second-order valence-corrected chi connectivity index (χ2v) is 3.46. The van der Waals surface area contributed by atoms with Crippen LogP contribution >= 0.6 is 0 Å². The molecule has 0 atom stereocenters. The third-order valence-corrected chi connectivity index (χ3v) is 1.81. The van der Waals surface area contributed by atoms with Crippen molar-refractivity contribution in [1.29, 1.82) is 0 Å². The number of hydrogen-bond acceptors (Lipinski definition) is 2. The van der Waals surface area contributed by atoms with Gasteiger partial charge < -0.3 is 5.32 Å². The molecule has 1 heterocycles. The average Bonchev–Trinajstić information content (AvgIpc) is 2.46. The lowest BCUT2D eigenvalue weighted by molar-refractivity contribution is -0.116. The molecule has 0 aliphatic rings. The first-order valence-corrected chi connectivity index (χ1v) is 4.51. The highest BCUT2D eigenvalue weighted by Gasteiger charge is 2.01. The van der Waals surface area contributed by atoms with Gasteiger partial charge in [0.15, 0.2) is 0 Å². The van der Waals surface area contributed by atoms with Gasteiger partial charge in [0.05, 0.1) is 6.20 Å². The monoisotopic (exact) mass is 193 g/mol. The van der Waals surface area contributed by atoms with Crippen molar-refractivity contribution < 1.29 is 4.79 Å². The molecule has 0 aromatic carbocycles. The summed E-state index contributed by atoms with van der Waals surface area (Å²) in [5.74, 6) is -0.0643. The molecule has 1 aromatic rings. The Morgan fingerprint density at radius 3 is 2.86 bits per heavy atom. The lowest BCUT2D eigenvalue weighted by Gasteiger charge is -2.00. The van der Waals surface area contributed by atoms with Gasteiger partial charge in [0, 0.05) is 23.9 Å². The van der Waals surface area contributed by atoms with Crippen LogP contribution in [0.25, 0.3) is 0 Å². The van der Waals surface area contributed by atoms with Crippen LogP contribution in [-0.2, 0) is 11.3 Å². The SMILES string of the molecule is CC(C)=CC(=O)NCc1cn[nH]c1C. The van der Waals surface area contributed by atoms with E-state index in [1.54, 1.807) is 12.3 Å². The highest BCUT2D eigenvalue weighted by atomic mass is 16.1. The molecular weight excluding hydrogens is 178 g/mol. The Bertz CT molecular complexity index is 348. The van der Waals surface area contributed by atoms with Crippen molar-refractivity contribution in [1.82, 2.24) is 15.5 Å². The molecule has 1 aromatic heterocycles. The summed E-state index contributed by atoms with van der Waals surface area (Å²) in [5, 5.41) is 9.47. The maximum absolute atomic E-state index is 11.2. The standard InChI is InChI=1S/C10H15N3O/c1-7(2)4-10(14)11-5-9-6-12-13-8(9)3/h4,6H,5H2,1-3H3,(H,11,14)(H,12,13). The summed E-state index contributed by atoms with van der Waals surface area (Å²) < 4.78 is 0. The fourth-order valence-corrected chi connectivity index (χ4v) is 1.05. The molecule has 0 fully saturated rings. The molecule has 2 N–H and O–H groups in total. The van der Waals surface area contributed by atoms with Crippen LogP contribution in [0.15, 0.2) is 17.8 Å². The Morgan fingerprint density at radius 1 is 1.64 bits per heavy atom. The first kappa shape index (κ1) is 10.5. The van der Waals surface area contributed by atoms with E-state index in [9.17, 15) is 4.79 Å². The van der Waals surface area contributed by atoms with Crippen LogP contribution in [0.4, 0.5) is 0 Å². The largest absolute Gasteiger partial charge is 0.348 e. The molecule has 0 unspecified atom stereocenters. The van der Waals surface area contributed by atoms with Crippen LogP contribution in [-0.4, -0.2) is 16.1 Å². The van der Waals surface area contributed by atoms with Gasteiger partial charge in [-0.15, -0.1) is 0 Å². The molecule has 0 saturated heterocycles. The third-order valence-electron chi connectivity index (χ3n) is 1.81. The van der Waals surface area contributed by atoms with Crippen molar-refractivity contribution in [2.45, 2.75) is 27.3 Å². The maximum atomic E-state index is 11.2. The summed E-state index contributed by atoms with van der Waals surface area (Å²) in [5.41, 5.74) is 2.99. The fraction of sp³-hybridized carbons (Fsp3) is 0.400. The Kier molecular flexibility index (Phi) is 3.45. The summed E-state index contributed by atoms with van der Waals surface area (Å²) in [6.07, 6.45) is 3.30. The van der Waals surface area contributed by atoms with Crippen molar-refractivity contribution in [2.24, 2.45) is 0 Å². The number of rotatable bonds is 3.